The first-order valence-electron chi connectivity index (χ1n) is 12.5. The summed E-state index contributed by atoms with van der Waals surface area (Å²) >= 11 is 5.98. The number of likely N-dealkylation sites (tertiary alicyclic amines) is 2. The van der Waals surface area contributed by atoms with Gasteiger partial charge < -0.3 is 19.3 Å². The van der Waals surface area contributed by atoms with Crippen molar-refractivity contribution in [1.29, 1.82) is 0 Å². The number of anilines is 1. The summed E-state index contributed by atoms with van der Waals surface area (Å²) in [5.41, 5.74) is -0.0422. The standard InChI is InChI=1S/C25H34ClFN6O3/c1-24(2,3)36-23(34)33-9-6-15(12-33)32(5)21-17-11-28-20(26)18(27)19(17)29-22(30-21)35-13-16-10-25(7-8-25)14-31(16)4/h11,15-16H,6-10,12-14H2,1-5H3/t15-,16+/m1/s1. The van der Waals surface area contributed by atoms with E-state index < -0.39 is 11.4 Å². The molecule has 0 radical (unpaired) electrons. The van der Waals surface area contributed by atoms with Gasteiger partial charge in [0, 0.05) is 45.0 Å². The van der Waals surface area contributed by atoms with Gasteiger partial charge in [-0.15, -0.1) is 0 Å². The molecule has 1 aliphatic carbocycles. The monoisotopic (exact) mass is 520 g/mol. The topological polar surface area (TPSA) is 83.9 Å². The zero-order valence-electron chi connectivity index (χ0n) is 21.6. The van der Waals surface area contributed by atoms with Crippen molar-refractivity contribution >= 4 is 34.4 Å². The van der Waals surface area contributed by atoms with Gasteiger partial charge >= 0.3 is 12.1 Å². The van der Waals surface area contributed by atoms with Crippen molar-refractivity contribution in [2.45, 2.75) is 64.1 Å². The second-order valence-corrected chi connectivity index (χ2v) is 11.9. The van der Waals surface area contributed by atoms with Crippen LogP contribution in [0.15, 0.2) is 6.20 Å². The molecule has 3 aliphatic rings. The summed E-state index contributed by atoms with van der Waals surface area (Å²) in [6.07, 6.45) is 5.50. The molecule has 9 nitrogen and oxygen atoms in total. The highest BCUT2D eigenvalue weighted by molar-refractivity contribution is 6.30. The van der Waals surface area contributed by atoms with Crippen LogP contribution in [0.5, 0.6) is 6.01 Å². The number of hydrogen-bond donors (Lipinski definition) is 0. The number of carbonyl (C=O) groups excluding carboxylic acids is 1. The van der Waals surface area contributed by atoms with Gasteiger partial charge in [0.05, 0.1) is 5.39 Å². The molecule has 3 fully saturated rings. The average molecular weight is 521 g/mol. The molecule has 2 aromatic rings. The van der Waals surface area contributed by atoms with Crippen LogP contribution in [0.25, 0.3) is 10.9 Å². The number of nitrogens with zero attached hydrogens (tertiary/aromatic N) is 6. The third kappa shape index (κ3) is 5.02. The Morgan fingerprint density at radius 1 is 1.33 bits per heavy atom. The number of likely N-dealkylation sites (N-methyl/N-ethyl adjacent to an activating group) is 2. The molecule has 1 saturated carbocycles. The van der Waals surface area contributed by atoms with Crippen LogP contribution >= 0.6 is 11.6 Å². The molecule has 4 heterocycles. The fourth-order valence-electron chi connectivity index (χ4n) is 5.33. The summed E-state index contributed by atoms with van der Waals surface area (Å²) < 4.78 is 26.6. The second kappa shape index (κ2) is 9.13. The Labute approximate surface area is 215 Å². The molecule has 2 saturated heterocycles. The third-order valence-electron chi connectivity index (χ3n) is 7.54. The Morgan fingerprint density at radius 3 is 2.75 bits per heavy atom. The van der Waals surface area contributed by atoms with E-state index in [1.165, 1.54) is 19.0 Å². The van der Waals surface area contributed by atoms with Gasteiger partial charge in [0.15, 0.2) is 11.0 Å². The normalized spacial score (nSPS) is 23.5. The molecule has 5 rings (SSSR count). The first-order chi connectivity index (χ1) is 16.9. The lowest BCUT2D eigenvalue weighted by Crippen LogP contribution is -2.39. The van der Waals surface area contributed by atoms with Gasteiger partial charge in [-0.1, -0.05) is 11.6 Å². The molecule has 0 bridgehead atoms. The highest BCUT2D eigenvalue weighted by Crippen LogP contribution is 2.54. The molecule has 1 spiro atoms. The van der Waals surface area contributed by atoms with Crippen LogP contribution in [-0.4, -0.2) is 88.9 Å². The number of aromatic nitrogens is 3. The molecule has 0 N–H and O–H groups in total. The van der Waals surface area contributed by atoms with Gasteiger partial charge in [-0.05, 0) is 58.9 Å². The zero-order chi connectivity index (χ0) is 25.8. The van der Waals surface area contributed by atoms with E-state index in [9.17, 15) is 4.79 Å². The molecule has 2 aliphatic heterocycles. The van der Waals surface area contributed by atoms with Gasteiger partial charge in [-0.25, -0.2) is 14.2 Å². The van der Waals surface area contributed by atoms with E-state index in [-0.39, 0.29) is 34.9 Å². The molecule has 11 heteroatoms. The van der Waals surface area contributed by atoms with E-state index in [1.807, 2.05) is 32.7 Å². The quantitative estimate of drug-likeness (QED) is 0.544. The van der Waals surface area contributed by atoms with Crippen molar-refractivity contribution in [2.75, 3.05) is 45.2 Å². The first kappa shape index (κ1) is 25.2. The Morgan fingerprint density at radius 2 is 2.08 bits per heavy atom. The van der Waals surface area contributed by atoms with Crippen molar-refractivity contribution in [3.8, 4) is 6.01 Å². The highest BCUT2D eigenvalue weighted by Gasteiger charge is 2.50. The van der Waals surface area contributed by atoms with Crippen LogP contribution < -0.4 is 9.64 Å². The van der Waals surface area contributed by atoms with Gasteiger partial charge in [0.1, 0.15) is 23.5 Å². The van der Waals surface area contributed by atoms with E-state index in [0.717, 1.165) is 19.4 Å². The Bertz CT molecular complexity index is 1170. The van der Waals surface area contributed by atoms with Crippen LogP contribution in [0, 0.1) is 11.2 Å². The maximum absolute atomic E-state index is 15.0. The van der Waals surface area contributed by atoms with Crippen LogP contribution in [0.2, 0.25) is 5.15 Å². The van der Waals surface area contributed by atoms with Crippen molar-refractivity contribution in [3.05, 3.63) is 17.2 Å². The second-order valence-electron chi connectivity index (χ2n) is 11.5. The lowest BCUT2D eigenvalue weighted by atomic mass is 10.0. The number of halogens is 2. The molecular weight excluding hydrogens is 487 g/mol. The van der Waals surface area contributed by atoms with Crippen molar-refractivity contribution < 1.29 is 18.7 Å². The van der Waals surface area contributed by atoms with E-state index >= 15 is 4.39 Å². The number of carbonyl (C=O) groups is 1. The van der Waals surface area contributed by atoms with Gasteiger partial charge in [0.2, 0.25) is 0 Å². The fraction of sp³-hybridized carbons (Fsp3) is 0.680. The largest absolute Gasteiger partial charge is 0.462 e. The minimum Gasteiger partial charge on any atom is -0.462 e. The zero-order valence-corrected chi connectivity index (χ0v) is 22.3. The average Bonchev–Trinajstić information content (AvgIpc) is 3.24. The van der Waals surface area contributed by atoms with Gasteiger partial charge in [-0.2, -0.15) is 9.97 Å². The van der Waals surface area contributed by atoms with E-state index in [2.05, 4.69) is 26.9 Å². The third-order valence-corrected chi connectivity index (χ3v) is 7.80. The lowest BCUT2D eigenvalue weighted by Gasteiger charge is -2.28. The van der Waals surface area contributed by atoms with Crippen molar-refractivity contribution in [3.63, 3.8) is 0 Å². The molecule has 36 heavy (non-hydrogen) atoms. The molecule has 0 aromatic carbocycles. The maximum atomic E-state index is 15.0. The van der Waals surface area contributed by atoms with E-state index in [1.54, 1.807) is 4.90 Å². The molecule has 1 amide bonds. The predicted molar refractivity (Wildman–Crippen MR) is 135 cm³/mol. The summed E-state index contributed by atoms with van der Waals surface area (Å²) in [4.78, 5) is 31.5. The molecule has 196 valence electrons. The SMILES string of the molecule is CN1CC2(CC2)C[C@H]1COc1nc(N(C)[C@@H]2CCN(C(=O)OC(C)(C)C)C2)c2cnc(Cl)c(F)c2n1. The highest BCUT2D eigenvalue weighted by atomic mass is 35.5. The van der Waals surface area contributed by atoms with Crippen molar-refractivity contribution in [2.24, 2.45) is 5.41 Å². The van der Waals surface area contributed by atoms with Crippen LogP contribution in [0.4, 0.5) is 15.0 Å². The predicted octanol–water partition coefficient (Wildman–Crippen LogP) is 4.13. The van der Waals surface area contributed by atoms with Gasteiger partial charge in [0.25, 0.3) is 0 Å². The van der Waals surface area contributed by atoms with E-state index in [0.29, 0.717) is 36.3 Å². The van der Waals surface area contributed by atoms with Crippen molar-refractivity contribution in [1.82, 2.24) is 24.8 Å². The summed E-state index contributed by atoms with van der Waals surface area (Å²) in [6, 6.07) is 0.339. The Hall–Kier alpha value is -2.46. The molecule has 2 atom stereocenters. The smallest absolute Gasteiger partial charge is 0.410 e. The number of pyridine rings is 1. The Kier molecular flexibility index (Phi) is 6.39. The number of amides is 1. The first-order valence-corrected chi connectivity index (χ1v) is 12.9. The summed E-state index contributed by atoms with van der Waals surface area (Å²) in [5, 5.41) is 0.196. The minimum atomic E-state index is -0.701. The summed E-state index contributed by atoms with van der Waals surface area (Å²) in [5.74, 6) is -0.208. The minimum absolute atomic E-state index is 0.0436. The number of hydrogen-bond acceptors (Lipinski definition) is 8. The molecular formula is C25H34ClFN6O3. The number of rotatable bonds is 5. The molecule has 0 unspecified atom stereocenters. The van der Waals surface area contributed by atoms with Crippen LogP contribution in [-0.2, 0) is 4.74 Å². The van der Waals surface area contributed by atoms with Crippen LogP contribution in [0.1, 0.15) is 46.5 Å². The lowest BCUT2D eigenvalue weighted by molar-refractivity contribution is 0.0292. The number of fused-ring (bicyclic) bond motifs is 1. The fourth-order valence-corrected chi connectivity index (χ4v) is 5.47. The number of ether oxygens (including phenoxy) is 2. The van der Waals surface area contributed by atoms with E-state index in [4.69, 9.17) is 21.1 Å². The summed E-state index contributed by atoms with van der Waals surface area (Å²) in [6.45, 7) is 8.08. The van der Waals surface area contributed by atoms with Crippen LogP contribution in [0.3, 0.4) is 0 Å². The van der Waals surface area contributed by atoms with Gasteiger partial charge in [-0.3, -0.25) is 4.90 Å². The molecule has 2 aromatic heterocycles. The Balaban J connectivity index is 1.38. The maximum Gasteiger partial charge on any atom is 0.410 e. The summed E-state index contributed by atoms with van der Waals surface area (Å²) in [7, 11) is 3.99.